The third-order valence-corrected chi connectivity index (χ3v) is 4.45. The SMILES string of the molecule is COc1ccc(CCNC(=O)C(NC(C)=O)Nc2ccc(OCCCC(=O)O)cc2)cc1. The number of amides is 2. The summed E-state index contributed by atoms with van der Waals surface area (Å²) in [5.74, 6) is -0.210. The number of methoxy groups -OCH3 is 1. The first-order valence-corrected chi connectivity index (χ1v) is 10.3. The quantitative estimate of drug-likeness (QED) is 0.276. The lowest BCUT2D eigenvalue weighted by molar-refractivity contribution is -0.137. The van der Waals surface area contributed by atoms with E-state index in [2.05, 4.69) is 16.0 Å². The summed E-state index contributed by atoms with van der Waals surface area (Å²) in [5.41, 5.74) is 1.67. The van der Waals surface area contributed by atoms with Crippen LogP contribution in [0.4, 0.5) is 5.69 Å². The molecule has 2 amide bonds. The monoisotopic (exact) mass is 443 g/mol. The van der Waals surface area contributed by atoms with Crippen LogP contribution >= 0.6 is 0 Å². The number of carbonyl (C=O) groups excluding carboxylic acids is 2. The zero-order valence-corrected chi connectivity index (χ0v) is 18.2. The van der Waals surface area contributed by atoms with Crippen LogP contribution in [-0.4, -0.2) is 49.3 Å². The van der Waals surface area contributed by atoms with Gasteiger partial charge in [-0.1, -0.05) is 12.1 Å². The first-order valence-electron chi connectivity index (χ1n) is 10.3. The maximum Gasteiger partial charge on any atom is 0.303 e. The van der Waals surface area contributed by atoms with E-state index in [4.69, 9.17) is 14.6 Å². The van der Waals surface area contributed by atoms with Crippen molar-refractivity contribution in [3.05, 3.63) is 54.1 Å². The predicted molar refractivity (Wildman–Crippen MR) is 120 cm³/mol. The highest BCUT2D eigenvalue weighted by Crippen LogP contribution is 2.17. The Balaban J connectivity index is 1.86. The molecule has 0 saturated heterocycles. The number of nitrogens with one attached hydrogen (secondary N) is 3. The molecule has 0 bridgehead atoms. The summed E-state index contributed by atoms with van der Waals surface area (Å²) in [7, 11) is 1.60. The van der Waals surface area contributed by atoms with Crippen molar-refractivity contribution < 1.29 is 29.0 Å². The minimum absolute atomic E-state index is 0.0472. The second-order valence-electron chi connectivity index (χ2n) is 7.04. The molecule has 0 fully saturated rings. The molecule has 1 unspecified atom stereocenters. The van der Waals surface area contributed by atoms with Gasteiger partial charge in [0.25, 0.3) is 5.91 Å². The number of aliphatic carboxylic acids is 1. The fourth-order valence-electron chi connectivity index (χ4n) is 2.82. The van der Waals surface area contributed by atoms with E-state index in [1.54, 1.807) is 31.4 Å². The normalized spacial score (nSPS) is 11.2. The summed E-state index contributed by atoms with van der Waals surface area (Å²) in [6.07, 6.45) is 0.157. The van der Waals surface area contributed by atoms with Crippen molar-refractivity contribution in [2.45, 2.75) is 32.4 Å². The van der Waals surface area contributed by atoms with E-state index in [9.17, 15) is 14.4 Å². The largest absolute Gasteiger partial charge is 0.497 e. The molecular weight excluding hydrogens is 414 g/mol. The first kappa shape index (κ1) is 24.5. The average Bonchev–Trinajstić information content (AvgIpc) is 2.77. The number of anilines is 1. The third-order valence-electron chi connectivity index (χ3n) is 4.45. The lowest BCUT2D eigenvalue weighted by Gasteiger charge is -2.20. The van der Waals surface area contributed by atoms with Gasteiger partial charge in [-0.15, -0.1) is 0 Å². The van der Waals surface area contributed by atoms with Crippen molar-refractivity contribution >= 4 is 23.5 Å². The molecule has 0 radical (unpaired) electrons. The van der Waals surface area contributed by atoms with Gasteiger partial charge in [-0.05, 0) is 54.8 Å². The van der Waals surface area contributed by atoms with Crippen LogP contribution in [0.25, 0.3) is 0 Å². The molecule has 0 saturated carbocycles. The van der Waals surface area contributed by atoms with Crippen molar-refractivity contribution in [2.24, 2.45) is 0 Å². The van der Waals surface area contributed by atoms with Crippen molar-refractivity contribution in [2.75, 3.05) is 25.6 Å². The van der Waals surface area contributed by atoms with Crippen LogP contribution in [0, 0.1) is 0 Å². The third kappa shape index (κ3) is 8.95. The molecule has 2 rings (SSSR count). The molecule has 0 aliphatic rings. The van der Waals surface area contributed by atoms with Gasteiger partial charge in [-0.25, -0.2) is 0 Å². The Bertz CT molecular complexity index is 884. The summed E-state index contributed by atoms with van der Waals surface area (Å²) in [4.78, 5) is 34.7. The Morgan fingerprint density at radius 3 is 2.25 bits per heavy atom. The van der Waals surface area contributed by atoms with Gasteiger partial charge in [0, 0.05) is 25.6 Å². The Labute approximate surface area is 187 Å². The van der Waals surface area contributed by atoms with Crippen molar-refractivity contribution in [1.29, 1.82) is 0 Å². The van der Waals surface area contributed by atoms with E-state index in [-0.39, 0.29) is 18.2 Å². The van der Waals surface area contributed by atoms with Crippen LogP contribution in [0.1, 0.15) is 25.3 Å². The van der Waals surface area contributed by atoms with Crippen LogP contribution in [0.3, 0.4) is 0 Å². The van der Waals surface area contributed by atoms with Crippen molar-refractivity contribution in [3.8, 4) is 11.5 Å². The van der Waals surface area contributed by atoms with Crippen LogP contribution in [0.5, 0.6) is 11.5 Å². The van der Waals surface area contributed by atoms with E-state index >= 15 is 0 Å². The van der Waals surface area contributed by atoms with Gasteiger partial charge in [-0.3, -0.25) is 14.4 Å². The number of carbonyl (C=O) groups is 3. The number of carboxylic acid groups (broad SMARTS) is 1. The zero-order chi connectivity index (χ0) is 23.3. The van der Waals surface area contributed by atoms with Crippen LogP contribution in [0.2, 0.25) is 0 Å². The second kappa shape index (κ2) is 12.8. The highest BCUT2D eigenvalue weighted by Gasteiger charge is 2.19. The van der Waals surface area contributed by atoms with Crippen molar-refractivity contribution in [3.63, 3.8) is 0 Å². The number of ether oxygens (including phenoxy) is 2. The molecule has 0 aliphatic heterocycles. The summed E-state index contributed by atoms with van der Waals surface area (Å²) in [6, 6.07) is 14.4. The molecule has 9 nitrogen and oxygen atoms in total. The number of benzene rings is 2. The number of rotatable bonds is 13. The molecule has 9 heteroatoms. The van der Waals surface area contributed by atoms with Crippen LogP contribution in [0.15, 0.2) is 48.5 Å². The number of hydrogen-bond donors (Lipinski definition) is 4. The summed E-state index contributed by atoms with van der Waals surface area (Å²) < 4.78 is 10.6. The highest BCUT2D eigenvalue weighted by atomic mass is 16.5. The molecule has 2 aromatic rings. The summed E-state index contributed by atoms with van der Waals surface area (Å²) in [5, 5.41) is 17.0. The van der Waals surface area contributed by atoms with Gasteiger partial charge < -0.3 is 30.5 Å². The molecular formula is C23H29N3O6. The molecule has 0 spiro atoms. The fourth-order valence-corrected chi connectivity index (χ4v) is 2.82. The van der Waals surface area contributed by atoms with E-state index in [1.165, 1.54) is 6.92 Å². The molecule has 172 valence electrons. The van der Waals surface area contributed by atoms with E-state index in [1.807, 2.05) is 24.3 Å². The maximum atomic E-state index is 12.6. The summed E-state index contributed by atoms with van der Waals surface area (Å²) in [6.45, 7) is 2.05. The topological polar surface area (TPSA) is 126 Å². The maximum absolute atomic E-state index is 12.6. The Morgan fingerprint density at radius 2 is 1.66 bits per heavy atom. The molecule has 0 aliphatic carbocycles. The van der Waals surface area contributed by atoms with Crippen molar-refractivity contribution in [1.82, 2.24) is 10.6 Å². The van der Waals surface area contributed by atoms with Gasteiger partial charge in [0.2, 0.25) is 5.91 Å². The lowest BCUT2D eigenvalue weighted by Crippen LogP contribution is -2.51. The smallest absolute Gasteiger partial charge is 0.303 e. The summed E-state index contributed by atoms with van der Waals surface area (Å²) >= 11 is 0. The van der Waals surface area contributed by atoms with Gasteiger partial charge in [-0.2, -0.15) is 0 Å². The molecule has 2 aromatic carbocycles. The lowest BCUT2D eigenvalue weighted by atomic mass is 10.1. The zero-order valence-electron chi connectivity index (χ0n) is 18.2. The number of hydrogen-bond acceptors (Lipinski definition) is 6. The van der Waals surface area contributed by atoms with Gasteiger partial charge in [0.1, 0.15) is 11.5 Å². The van der Waals surface area contributed by atoms with E-state index < -0.39 is 12.1 Å². The minimum Gasteiger partial charge on any atom is -0.497 e. The number of carboxylic acids is 1. The second-order valence-corrected chi connectivity index (χ2v) is 7.04. The van der Waals surface area contributed by atoms with Crippen LogP contribution < -0.4 is 25.4 Å². The fraction of sp³-hybridized carbons (Fsp3) is 0.348. The highest BCUT2D eigenvalue weighted by molar-refractivity contribution is 5.88. The molecule has 1 atom stereocenters. The molecule has 0 aromatic heterocycles. The molecule has 32 heavy (non-hydrogen) atoms. The van der Waals surface area contributed by atoms with E-state index in [0.717, 1.165) is 11.3 Å². The van der Waals surface area contributed by atoms with E-state index in [0.29, 0.717) is 37.4 Å². The van der Waals surface area contributed by atoms with Gasteiger partial charge >= 0.3 is 5.97 Å². The Kier molecular flexibility index (Phi) is 9.83. The van der Waals surface area contributed by atoms with Gasteiger partial charge in [0.15, 0.2) is 6.17 Å². The minimum atomic E-state index is -0.939. The Morgan fingerprint density at radius 1 is 1.00 bits per heavy atom. The molecule has 0 heterocycles. The Hall–Kier alpha value is -3.75. The predicted octanol–water partition coefficient (Wildman–Crippen LogP) is 2.17. The van der Waals surface area contributed by atoms with Crippen LogP contribution in [-0.2, 0) is 20.8 Å². The van der Waals surface area contributed by atoms with Gasteiger partial charge in [0.05, 0.1) is 13.7 Å². The standard InChI is InChI=1S/C23H29N3O6/c1-16(27)25-22(23(30)24-14-13-17-5-9-19(31-2)10-6-17)26-18-7-11-20(12-8-18)32-15-3-4-21(28)29/h5-12,22,26H,3-4,13-15H2,1-2H3,(H,24,30)(H,25,27)(H,28,29). The molecule has 4 N–H and O–H groups in total. The average molecular weight is 444 g/mol. The first-order chi connectivity index (χ1) is 15.4.